The summed E-state index contributed by atoms with van der Waals surface area (Å²) in [6.07, 6.45) is 0. The molecular formula is C18H12O8. The molecule has 3 rings (SSSR count). The van der Waals surface area contributed by atoms with Gasteiger partial charge in [-0.15, -0.1) is 0 Å². The Labute approximate surface area is 145 Å². The van der Waals surface area contributed by atoms with E-state index in [9.17, 15) is 40.2 Å². The molecule has 0 spiro atoms. The lowest BCUT2D eigenvalue weighted by Gasteiger charge is -2.17. The first-order chi connectivity index (χ1) is 12.3. The largest absolute Gasteiger partial charge is 0.504 e. The summed E-state index contributed by atoms with van der Waals surface area (Å²) in [7, 11) is 0. The Morgan fingerprint density at radius 1 is 0.731 bits per heavy atom. The molecule has 8 heteroatoms. The molecule has 0 aliphatic heterocycles. The normalized spacial score (nSPS) is 10.8. The lowest BCUT2D eigenvalue weighted by Crippen LogP contribution is -2.10. The molecule has 0 atom stereocenters. The lowest BCUT2D eigenvalue weighted by molar-refractivity contribution is 0.0649. The number of benzene rings is 3. The molecule has 8 nitrogen and oxygen atoms in total. The van der Waals surface area contributed by atoms with Crippen molar-refractivity contribution in [3.8, 4) is 34.1 Å². The fourth-order valence-corrected chi connectivity index (χ4v) is 2.91. The summed E-state index contributed by atoms with van der Waals surface area (Å²) in [5, 5.41) is 58.8. The van der Waals surface area contributed by atoms with Crippen molar-refractivity contribution < 1.29 is 40.2 Å². The molecule has 0 saturated heterocycles. The molecule has 0 saturated carbocycles. The van der Waals surface area contributed by atoms with E-state index in [1.807, 2.05) is 0 Å². The Morgan fingerprint density at radius 2 is 1.31 bits per heavy atom. The number of fused-ring (bicyclic) bond motifs is 1. The van der Waals surface area contributed by atoms with Crippen LogP contribution in [0.2, 0.25) is 0 Å². The fraction of sp³-hybridized carbons (Fsp3) is 0. The van der Waals surface area contributed by atoms with Gasteiger partial charge in [-0.05, 0) is 11.6 Å². The highest BCUT2D eigenvalue weighted by molar-refractivity contribution is 6.19. The minimum atomic E-state index is -1.77. The molecule has 132 valence electrons. The predicted octanol–water partition coefficient (Wildman–Crippen LogP) is 2.73. The quantitative estimate of drug-likeness (QED) is 0.391. The zero-order valence-electron chi connectivity index (χ0n) is 13.0. The van der Waals surface area contributed by atoms with Crippen LogP contribution in [0.3, 0.4) is 0 Å². The van der Waals surface area contributed by atoms with Crippen molar-refractivity contribution >= 4 is 22.7 Å². The third-order valence-corrected chi connectivity index (χ3v) is 3.99. The minimum Gasteiger partial charge on any atom is -0.504 e. The fourth-order valence-electron chi connectivity index (χ4n) is 2.91. The van der Waals surface area contributed by atoms with Crippen molar-refractivity contribution in [3.05, 3.63) is 47.5 Å². The standard InChI is InChI=1S/C18H12O8/c19-9-6-8-11(10(14(9)20)7-4-2-1-3-5-7)15(21)16(22)13(18(25)26)12(8)17(23)24/h1-6,19-22H,(H,23,24)(H,25,26). The van der Waals surface area contributed by atoms with Gasteiger partial charge in [-0.1, -0.05) is 30.3 Å². The third kappa shape index (κ3) is 2.32. The molecule has 0 heterocycles. The van der Waals surface area contributed by atoms with Gasteiger partial charge in [0.1, 0.15) is 5.56 Å². The number of carboxylic acids is 2. The van der Waals surface area contributed by atoms with E-state index < -0.39 is 46.1 Å². The Morgan fingerprint density at radius 3 is 1.85 bits per heavy atom. The predicted molar refractivity (Wildman–Crippen MR) is 90.0 cm³/mol. The topological polar surface area (TPSA) is 156 Å². The van der Waals surface area contributed by atoms with Crippen LogP contribution in [0.4, 0.5) is 0 Å². The van der Waals surface area contributed by atoms with Crippen LogP contribution in [-0.2, 0) is 0 Å². The van der Waals surface area contributed by atoms with E-state index in [2.05, 4.69) is 0 Å². The van der Waals surface area contributed by atoms with Crippen LogP contribution in [0.5, 0.6) is 23.0 Å². The molecule has 0 aliphatic carbocycles. The Balaban J connectivity index is 2.65. The highest BCUT2D eigenvalue weighted by atomic mass is 16.4. The summed E-state index contributed by atoms with van der Waals surface area (Å²) >= 11 is 0. The summed E-state index contributed by atoms with van der Waals surface area (Å²) in [5.74, 6) is -6.89. The van der Waals surface area contributed by atoms with Crippen LogP contribution in [0.1, 0.15) is 20.7 Å². The van der Waals surface area contributed by atoms with Crippen molar-refractivity contribution in [2.75, 3.05) is 0 Å². The molecule has 0 radical (unpaired) electrons. The van der Waals surface area contributed by atoms with Crippen LogP contribution < -0.4 is 0 Å². The van der Waals surface area contributed by atoms with E-state index in [-0.39, 0.29) is 16.3 Å². The van der Waals surface area contributed by atoms with Crippen molar-refractivity contribution in [2.24, 2.45) is 0 Å². The van der Waals surface area contributed by atoms with Crippen molar-refractivity contribution in [1.82, 2.24) is 0 Å². The zero-order valence-corrected chi connectivity index (χ0v) is 13.0. The highest BCUT2D eigenvalue weighted by Gasteiger charge is 2.30. The maximum absolute atomic E-state index is 11.6. The number of aromatic carboxylic acids is 2. The van der Waals surface area contributed by atoms with E-state index in [1.165, 1.54) is 12.1 Å². The molecule has 3 aromatic rings. The van der Waals surface area contributed by atoms with Crippen LogP contribution in [0.15, 0.2) is 36.4 Å². The molecule has 6 N–H and O–H groups in total. The number of phenols is 4. The third-order valence-electron chi connectivity index (χ3n) is 3.99. The molecular weight excluding hydrogens is 344 g/mol. The second-order valence-corrected chi connectivity index (χ2v) is 5.47. The first-order valence-electron chi connectivity index (χ1n) is 7.24. The van der Waals surface area contributed by atoms with E-state index in [1.54, 1.807) is 18.2 Å². The van der Waals surface area contributed by atoms with Gasteiger partial charge in [0.25, 0.3) is 0 Å². The van der Waals surface area contributed by atoms with Gasteiger partial charge in [-0.3, -0.25) is 0 Å². The van der Waals surface area contributed by atoms with E-state index in [0.29, 0.717) is 5.56 Å². The number of rotatable bonds is 3. The maximum atomic E-state index is 11.6. The smallest absolute Gasteiger partial charge is 0.340 e. The Kier molecular flexibility index (Phi) is 3.80. The van der Waals surface area contributed by atoms with Crippen LogP contribution >= 0.6 is 0 Å². The zero-order chi connectivity index (χ0) is 19.2. The minimum absolute atomic E-state index is 0.146. The van der Waals surface area contributed by atoms with E-state index >= 15 is 0 Å². The van der Waals surface area contributed by atoms with Crippen LogP contribution in [0.25, 0.3) is 21.9 Å². The number of hydrogen-bond acceptors (Lipinski definition) is 6. The number of aromatic hydroxyl groups is 4. The van der Waals surface area contributed by atoms with E-state index in [0.717, 1.165) is 6.07 Å². The van der Waals surface area contributed by atoms with Gasteiger partial charge in [-0.2, -0.15) is 0 Å². The summed E-state index contributed by atoms with van der Waals surface area (Å²) in [6, 6.07) is 8.75. The van der Waals surface area contributed by atoms with Crippen LogP contribution in [0, 0.1) is 0 Å². The number of carboxylic acid groups (broad SMARTS) is 2. The summed E-state index contributed by atoms with van der Waals surface area (Å²) in [6.45, 7) is 0. The molecule has 0 amide bonds. The molecule has 0 aliphatic rings. The van der Waals surface area contributed by atoms with Crippen molar-refractivity contribution in [1.29, 1.82) is 0 Å². The SMILES string of the molecule is O=C(O)c1c(O)c(O)c2c(-c3ccccc3)c(O)c(O)cc2c1C(=O)O. The van der Waals surface area contributed by atoms with Crippen molar-refractivity contribution in [3.63, 3.8) is 0 Å². The number of carbonyl (C=O) groups is 2. The second-order valence-electron chi connectivity index (χ2n) is 5.47. The summed E-state index contributed by atoms with van der Waals surface area (Å²) in [5.41, 5.74) is -1.69. The molecule has 0 bridgehead atoms. The van der Waals surface area contributed by atoms with Gasteiger partial charge in [-0.25, -0.2) is 9.59 Å². The lowest BCUT2D eigenvalue weighted by atomic mass is 9.90. The molecule has 0 unspecified atom stereocenters. The average Bonchev–Trinajstić information content (AvgIpc) is 2.59. The average molecular weight is 356 g/mol. The van der Waals surface area contributed by atoms with Gasteiger partial charge < -0.3 is 30.6 Å². The molecule has 0 aromatic heterocycles. The van der Waals surface area contributed by atoms with Gasteiger partial charge in [0, 0.05) is 16.3 Å². The van der Waals surface area contributed by atoms with Gasteiger partial charge in [0.15, 0.2) is 23.0 Å². The Bertz CT molecular complexity index is 1070. The highest BCUT2D eigenvalue weighted by Crippen LogP contribution is 2.50. The monoisotopic (exact) mass is 356 g/mol. The summed E-state index contributed by atoms with van der Waals surface area (Å²) < 4.78 is 0. The van der Waals surface area contributed by atoms with Gasteiger partial charge in [0.2, 0.25) is 0 Å². The van der Waals surface area contributed by atoms with Crippen LogP contribution in [-0.4, -0.2) is 42.6 Å². The number of phenolic OH excluding ortho intramolecular Hbond substituents is 3. The van der Waals surface area contributed by atoms with Crippen molar-refractivity contribution in [2.45, 2.75) is 0 Å². The molecule has 3 aromatic carbocycles. The number of hydrogen-bond donors (Lipinski definition) is 6. The molecule has 0 fully saturated rings. The maximum Gasteiger partial charge on any atom is 0.340 e. The summed E-state index contributed by atoms with van der Waals surface area (Å²) in [4.78, 5) is 23.1. The Hall–Kier alpha value is -3.94. The van der Waals surface area contributed by atoms with Gasteiger partial charge in [0.05, 0.1) is 5.56 Å². The molecule has 26 heavy (non-hydrogen) atoms. The second kappa shape index (κ2) is 5.85. The first-order valence-corrected chi connectivity index (χ1v) is 7.24. The van der Waals surface area contributed by atoms with E-state index in [4.69, 9.17) is 0 Å². The van der Waals surface area contributed by atoms with Gasteiger partial charge >= 0.3 is 11.9 Å². The first kappa shape index (κ1) is 16.9.